The molecule has 1 aromatic carbocycles. The Bertz CT molecular complexity index is 886. The van der Waals surface area contributed by atoms with Crippen LogP contribution < -0.4 is 0 Å². The molecule has 2 aromatic rings. The molecule has 32 heavy (non-hydrogen) atoms. The zero-order chi connectivity index (χ0) is 22.0. The maximum Gasteiger partial charge on any atom is 0.332 e. The van der Waals surface area contributed by atoms with Gasteiger partial charge in [0.1, 0.15) is 6.54 Å². The number of ether oxygens (including phenoxy) is 1. The van der Waals surface area contributed by atoms with Gasteiger partial charge < -0.3 is 9.22 Å². The molecule has 0 amide bonds. The normalized spacial score (nSPS) is 30.0. The summed E-state index contributed by atoms with van der Waals surface area (Å²) in [6, 6.07) is 15.0. The van der Waals surface area contributed by atoms with E-state index in [9.17, 15) is 4.79 Å². The standard InChI is InChI=1S/C27H37N2O2S/c1-27(25-11-8-20-32-25,28-15-6-3-7-16-28)26(30)31-24-21-29(18-13-23(24)14-19-29)17-12-22-9-4-2-5-10-22/h2,4-5,8-11,20,23-24H,3,6-7,12-19,21H2,1H3/q+1/t23?,24-,27?,29?/m1/s1. The van der Waals surface area contributed by atoms with Gasteiger partial charge in [-0.2, -0.15) is 0 Å². The molecule has 4 saturated heterocycles. The number of nitrogens with zero attached hydrogens (tertiary/aromatic N) is 2. The molecule has 0 N–H and O–H groups in total. The average molecular weight is 454 g/mol. The topological polar surface area (TPSA) is 29.5 Å². The SMILES string of the molecule is CC(C(=O)O[C@@H]1C[N+]2(CCc3ccccc3)CCC1CC2)(c1cccs1)N1CCCCC1. The van der Waals surface area contributed by atoms with E-state index in [1.54, 1.807) is 11.3 Å². The summed E-state index contributed by atoms with van der Waals surface area (Å²) in [5.74, 6) is 0.506. The molecule has 5 heterocycles. The number of quaternary nitrogens is 1. The molecular weight excluding hydrogens is 416 g/mol. The smallest absolute Gasteiger partial charge is 0.332 e. The lowest BCUT2D eigenvalue weighted by Crippen LogP contribution is -2.65. The van der Waals surface area contributed by atoms with E-state index >= 15 is 0 Å². The maximum atomic E-state index is 13.8. The highest BCUT2D eigenvalue weighted by Crippen LogP contribution is 2.39. The Morgan fingerprint density at radius 3 is 2.53 bits per heavy atom. The number of likely N-dealkylation sites (tertiary alicyclic amines) is 1. The van der Waals surface area contributed by atoms with E-state index in [2.05, 4.69) is 59.7 Å². The van der Waals surface area contributed by atoms with E-state index in [1.807, 2.05) is 0 Å². The molecule has 2 bridgehead atoms. The first kappa shape index (κ1) is 22.1. The second kappa shape index (κ2) is 9.28. The van der Waals surface area contributed by atoms with E-state index in [0.29, 0.717) is 5.92 Å². The third kappa shape index (κ3) is 4.27. The second-order valence-corrected chi connectivity index (χ2v) is 11.3. The molecule has 4 aliphatic heterocycles. The van der Waals surface area contributed by atoms with E-state index in [4.69, 9.17) is 4.74 Å². The van der Waals surface area contributed by atoms with Crippen molar-refractivity contribution < 1.29 is 14.0 Å². The lowest BCUT2D eigenvalue weighted by Gasteiger charge is -2.52. The number of thiophene rings is 1. The summed E-state index contributed by atoms with van der Waals surface area (Å²) in [6.45, 7) is 8.68. The first-order chi connectivity index (χ1) is 15.6. The monoisotopic (exact) mass is 453 g/mol. The second-order valence-electron chi connectivity index (χ2n) is 10.3. The van der Waals surface area contributed by atoms with Gasteiger partial charge in [0, 0.05) is 30.1 Å². The van der Waals surface area contributed by atoms with Crippen molar-refractivity contribution in [2.75, 3.05) is 39.3 Å². The Morgan fingerprint density at radius 1 is 1.09 bits per heavy atom. The van der Waals surface area contributed by atoms with Crippen molar-refractivity contribution in [3.8, 4) is 0 Å². The fourth-order valence-electron chi connectivity index (χ4n) is 6.21. The quantitative estimate of drug-likeness (QED) is 0.444. The van der Waals surface area contributed by atoms with Gasteiger partial charge in [-0.15, -0.1) is 11.3 Å². The lowest BCUT2D eigenvalue weighted by atomic mass is 9.82. The summed E-state index contributed by atoms with van der Waals surface area (Å²) in [5, 5.41) is 2.09. The van der Waals surface area contributed by atoms with Gasteiger partial charge in [-0.3, -0.25) is 4.90 Å². The minimum Gasteiger partial charge on any atom is -0.454 e. The number of fused-ring (bicyclic) bond motifs is 3. The number of hydrogen-bond donors (Lipinski definition) is 0. The first-order valence-electron chi connectivity index (χ1n) is 12.5. The summed E-state index contributed by atoms with van der Waals surface area (Å²) in [4.78, 5) is 17.3. The average Bonchev–Trinajstić information content (AvgIpc) is 3.40. The predicted molar refractivity (Wildman–Crippen MR) is 130 cm³/mol. The molecule has 0 radical (unpaired) electrons. The van der Waals surface area contributed by atoms with Crippen molar-refractivity contribution in [1.82, 2.24) is 4.90 Å². The summed E-state index contributed by atoms with van der Waals surface area (Å²) < 4.78 is 7.57. The molecule has 2 atom stereocenters. The van der Waals surface area contributed by atoms with Crippen LogP contribution in [0.4, 0.5) is 0 Å². The van der Waals surface area contributed by atoms with Crippen molar-refractivity contribution in [3.63, 3.8) is 0 Å². The van der Waals surface area contributed by atoms with Crippen LogP contribution in [0.15, 0.2) is 47.8 Å². The molecule has 0 saturated carbocycles. The minimum atomic E-state index is -0.657. The van der Waals surface area contributed by atoms with Crippen LogP contribution in [0, 0.1) is 5.92 Å². The van der Waals surface area contributed by atoms with E-state index in [0.717, 1.165) is 42.0 Å². The number of piperidine rings is 4. The number of rotatable bonds is 7. The summed E-state index contributed by atoms with van der Waals surface area (Å²) in [5.41, 5.74) is 0.756. The third-order valence-corrected chi connectivity index (χ3v) is 9.49. The summed E-state index contributed by atoms with van der Waals surface area (Å²) >= 11 is 1.69. The van der Waals surface area contributed by atoms with E-state index in [1.165, 1.54) is 50.8 Å². The number of hydrogen-bond acceptors (Lipinski definition) is 4. The van der Waals surface area contributed by atoms with E-state index in [-0.39, 0.29) is 12.1 Å². The molecule has 1 unspecified atom stereocenters. The van der Waals surface area contributed by atoms with Crippen molar-refractivity contribution in [2.24, 2.45) is 5.92 Å². The lowest BCUT2D eigenvalue weighted by molar-refractivity contribution is -0.946. The highest BCUT2D eigenvalue weighted by molar-refractivity contribution is 7.10. The number of benzene rings is 1. The zero-order valence-electron chi connectivity index (χ0n) is 19.4. The Balaban J connectivity index is 1.30. The summed E-state index contributed by atoms with van der Waals surface area (Å²) in [6.07, 6.45) is 7.13. The van der Waals surface area contributed by atoms with Crippen LogP contribution in [0.25, 0.3) is 0 Å². The largest absolute Gasteiger partial charge is 0.454 e. The fourth-order valence-corrected chi connectivity index (χ4v) is 7.12. The minimum absolute atomic E-state index is 0.0261. The van der Waals surface area contributed by atoms with Crippen LogP contribution >= 0.6 is 11.3 Å². The highest BCUT2D eigenvalue weighted by atomic mass is 32.1. The zero-order valence-corrected chi connectivity index (χ0v) is 20.2. The van der Waals surface area contributed by atoms with Gasteiger partial charge in [0.15, 0.2) is 11.6 Å². The molecule has 172 valence electrons. The maximum absolute atomic E-state index is 13.8. The molecule has 4 aliphatic rings. The van der Waals surface area contributed by atoms with Crippen LogP contribution in [0.2, 0.25) is 0 Å². The van der Waals surface area contributed by atoms with Crippen LogP contribution in [0.1, 0.15) is 49.5 Å². The van der Waals surface area contributed by atoms with Crippen molar-refractivity contribution >= 4 is 17.3 Å². The highest BCUT2D eigenvalue weighted by Gasteiger charge is 2.50. The predicted octanol–water partition coefficient (Wildman–Crippen LogP) is 4.84. The number of carbonyl (C=O) groups is 1. The Morgan fingerprint density at radius 2 is 1.84 bits per heavy atom. The van der Waals surface area contributed by atoms with Gasteiger partial charge in [0.25, 0.3) is 0 Å². The fraction of sp³-hybridized carbons (Fsp3) is 0.593. The van der Waals surface area contributed by atoms with Gasteiger partial charge >= 0.3 is 5.97 Å². The first-order valence-corrected chi connectivity index (χ1v) is 13.4. The molecule has 1 aromatic heterocycles. The molecule has 4 fully saturated rings. The van der Waals surface area contributed by atoms with Crippen molar-refractivity contribution in [2.45, 2.75) is 57.1 Å². The molecular formula is C27H37N2O2S+. The van der Waals surface area contributed by atoms with Crippen molar-refractivity contribution in [1.29, 1.82) is 0 Å². The van der Waals surface area contributed by atoms with Crippen LogP contribution in [0.3, 0.4) is 0 Å². The van der Waals surface area contributed by atoms with Gasteiger partial charge in [-0.25, -0.2) is 4.79 Å². The number of carbonyl (C=O) groups excluding carboxylic acids is 1. The summed E-state index contributed by atoms with van der Waals surface area (Å²) in [7, 11) is 0. The third-order valence-electron chi connectivity index (χ3n) is 8.40. The van der Waals surface area contributed by atoms with Crippen molar-refractivity contribution in [3.05, 3.63) is 58.3 Å². The van der Waals surface area contributed by atoms with Gasteiger partial charge in [0.2, 0.25) is 0 Å². The van der Waals surface area contributed by atoms with Crippen LogP contribution in [-0.4, -0.2) is 60.7 Å². The molecule has 0 aliphatic carbocycles. The van der Waals surface area contributed by atoms with Gasteiger partial charge in [0.05, 0.1) is 19.6 Å². The molecule has 0 spiro atoms. The molecule has 5 heteroatoms. The van der Waals surface area contributed by atoms with Gasteiger partial charge in [-0.05, 0) is 49.9 Å². The Labute approximate surface area is 196 Å². The molecule has 4 nitrogen and oxygen atoms in total. The van der Waals surface area contributed by atoms with E-state index < -0.39 is 5.54 Å². The Kier molecular flexibility index (Phi) is 6.42. The Hall–Kier alpha value is -1.69. The van der Waals surface area contributed by atoms with Crippen LogP contribution in [-0.2, 0) is 21.5 Å². The van der Waals surface area contributed by atoms with Crippen LogP contribution in [0.5, 0.6) is 0 Å². The van der Waals surface area contributed by atoms with Gasteiger partial charge in [-0.1, -0.05) is 42.8 Å². The number of esters is 1. The molecule has 6 rings (SSSR count).